The van der Waals surface area contributed by atoms with E-state index in [1.165, 1.54) is 63.2 Å². The molecule has 1 fully saturated rings. The van der Waals surface area contributed by atoms with E-state index in [1.807, 2.05) is 0 Å². The Labute approximate surface area is 197 Å². The Kier molecular flexibility index (Phi) is 8.94. The van der Waals surface area contributed by atoms with Crippen molar-refractivity contribution in [3.05, 3.63) is 59.1 Å². The van der Waals surface area contributed by atoms with E-state index in [1.54, 1.807) is 24.3 Å². The van der Waals surface area contributed by atoms with Crippen molar-refractivity contribution in [2.24, 2.45) is 4.99 Å². The van der Waals surface area contributed by atoms with Gasteiger partial charge < -0.3 is 4.90 Å². The standard InChI is InChI=1S/C9H16N2.C7H4F3.C6H4Cl.Bi.2ClH/c1-2-5-9-10-6-4-8-11(9)7-3-1;8-7(9,10)6-4-2-1-3-5-6;7-6-4-2-1-3-5-6;;;/h1-8H2;2-5H;2-5H;;2*1H/q;;;+2;;/p-2. The van der Waals surface area contributed by atoms with Crippen molar-refractivity contribution >= 4 is 58.9 Å². The van der Waals surface area contributed by atoms with E-state index < -0.39 is 29.6 Å². The topological polar surface area (TPSA) is 15.6 Å². The van der Waals surface area contributed by atoms with Crippen LogP contribution in [-0.4, -0.2) is 48.2 Å². The van der Waals surface area contributed by atoms with Crippen LogP contribution in [0.3, 0.4) is 0 Å². The summed E-state index contributed by atoms with van der Waals surface area (Å²) in [6.45, 7) is 3.60. The number of nitrogens with zero attached hydrogens (tertiary/aromatic N) is 2. The summed E-state index contributed by atoms with van der Waals surface area (Å²) in [7, 11) is 12.9. The van der Waals surface area contributed by atoms with Gasteiger partial charge in [0.05, 0.1) is 5.84 Å². The molecule has 0 unspecified atom stereocenters. The van der Waals surface area contributed by atoms with Crippen LogP contribution in [0.1, 0.15) is 37.7 Å². The maximum absolute atomic E-state index is 12.5. The first-order chi connectivity index (χ1) is 14.7. The first kappa shape index (κ1) is 25.1. The molecule has 0 atom stereocenters. The van der Waals surface area contributed by atoms with Crippen LogP contribution < -0.4 is 6.54 Å². The van der Waals surface area contributed by atoms with E-state index in [2.05, 4.69) is 9.89 Å². The van der Waals surface area contributed by atoms with Gasteiger partial charge in [-0.05, 0) is 19.3 Å². The number of fused-ring (bicyclic) bond motifs is 1. The second-order valence-electron chi connectivity index (χ2n) is 7.48. The van der Waals surface area contributed by atoms with Crippen molar-refractivity contribution in [2.75, 3.05) is 19.6 Å². The fraction of sp³-hybridized carbons (Fsp3) is 0.409. The molecule has 0 amide bonds. The van der Waals surface area contributed by atoms with Gasteiger partial charge in [0.15, 0.2) is 0 Å². The summed E-state index contributed by atoms with van der Waals surface area (Å²) in [5, 5.41) is 0.553. The average Bonchev–Trinajstić information content (AvgIpc) is 3.00. The van der Waals surface area contributed by atoms with Gasteiger partial charge in [-0.3, -0.25) is 4.99 Å². The molecule has 0 aromatic heterocycles. The van der Waals surface area contributed by atoms with Crippen molar-refractivity contribution in [1.29, 1.82) is 0 Å². The fourth-order valence-corrected chi connectivity index (χ4v) is 12.9. The molecule has 0 saturated carbocycles. The molecule has 2 aliphatic heterocycles. The summed E-state index contributed by atoms with van der Waals surface area (Å²) in [4.78, 5) is 7.04. The van der Waals surface area contributed by atoms with Crippen molar-refractivity contribution in [2.45, 2.75) is 38.3 Å². The predicted octanol–water partition coefficient (Wildman–Crippen LogP) is 6.06. The quantitative estimate of drug-likeness (QED) is 0.351. The SMILES string of the molecule is C1CCC2=NCCCN2CC1.FC(F)(F)c1cc[c]([Bi]([Cl])([Cl])[c]2ccc(Cl)cc2)cc1. The van der Waals surface area contributed by atoms with Gasteiger partial charge in [0.25, 0.3) is 0 Å². The zero-order valence-corrected chi connectivity index (χ0v) is 22.6. The number of benzene rings is 2. The van der Waals surface area contributed by atoms with Gasteiger partial charge in [-0.25, -0.2) is 0 Å². The third kappa shape index (κ3) is 6.97. The molecule has 2 aromatic rings. The molecule has 0 bridgehead atoms. The van der Waals surface area contributed by atoms with Gasteiger partial charge in [-0.2, -0.15) is 0 Å². The van der Waals surface area contributed by atoms with E-state index in [0.717, 1.165) is 21.9 Å². The van der Waals surface area contributed by atoms with Crippen LogP contribution in [0, 0.1) is 0 Å². The number of alkyl halides is 3. The number of rotatable bonds is 2. The van der Waals surface area contributed by atoms with Crippen LogP contribution in [0.2, 0.25) is 5.02 Å². The molecule has 31 heavy (non-hydrogen) atoms. The van der Waals surface area contributed by atoms with Gasteiger partial charge in [0.1, 0.15) is 0 Å². The first-order valence-corrected chi connectivity index (χ1v) is 22.6. The molecule has 2 heterocycles. The van der Waals surface area contributed by atoms with E-state index in [0.29, 0.717) is 8.29 Å². The van der Waals surface area contributed by atoms with E-state index >= 15 is 0 Å². The molecular weight excluding hydrogens is 665 g/mol. The molecule has 2 aliphatic rings. The van der Waals surface area contributed by atoms with Gasteiger partial charge in [-0.1, -0.05) is 6.42 Å². The molecular formula is C22H24BiCl3F3N2. The number of hydrogen-bond donors (Lipinski definition) is 0. The first-order valence-electron chi connectivity index (χ1n) is 10.2. The summed E-state index contributed by atoms with van der Waals surface area (Å²) in [6, 6.07) is 11.5. The summed E-state index contributed by atoms with van der Waals surface area (Å²) in [5.74, 6) is 1.40. The van der Waals surface area contributed by atoms with Crippen molar-refractivity contribution < 1.29 is 13.2 Å². The van der Waals surface area contributed by atoms with Gasteiger partial charge in [0.2, 0.25) is 0 Å². The third-order valence-electron chi connectivity index (χ3n) is 5.24. The van der Waals surface area contributed by atoms with Crippen molar-refractivity contribution in [3.8, 4) is 0 Å². The van der Waals surface area contributed by atoms with Crippen LogP contribution in [0.15, 0.2) is 53.5 Å². The average molecular weight is 689 g/mol. The fourth-order valence-electron chi connectivity index (χ4n) is 3.55. The minimum absolute atomic E-state index is 0.553. The second-order valence-corrected chi connectivity index (χ2v) is 26.3. The molecule has 0 spiro atoms. The Morgan fingerprint density at radius 2 is 1.39 bits per heavy atom. The second kappa shape index (κ2) is 11.0. The summed E-state index contributed by atoms with van der Waals surface area (Å²) in [5.41, 5.74) is -0.714. The Hall–Kier alpha value is -0.547. The van der Waals surface area contributed by atoms with E-state index in [-0.39, 0.29) is 0 Å². The molecule has 169 valence electrons. The summed E-state index contributed by atoms with van der Waals surface area (Å²) >= 11 is 1.87. The zero-order valence-electron chi connectivity index (χ0n) is 16.9. The van der Waals surface area contributed by atoms with E-state index in [9.17, 15) is 13.2 Å². The molecule has 4 rings (SSSR count). The van der Waals surface area contributed by atoms with Crippen molar-refractivity contribution in [3.63, 3.8) is 0 Å². The maximum atomic E-state index is 12.5. The third-order valence-corrected chi connectivity index (χ3v) is 19.7. The van der Waals surface area contributed by atoms with Crippen LogP contribution in [0.4, 0.5) is 13.2 Å². The summed E-state index contributed by atoms with van der Waals surface area (Å²) in [6.07, 6.45) is 2.27. The minimum atomic E-state index is -4.36. The number of halogens is 6. The van der Waals surface area contributed by atoms with Crippen LogP contribution in [-0.2, 0) is 6.18 Å². The molecule has 0 N–H and O–H groups in total. The number of aliphatic imine (C=N–C) groups is 1. The van der Waals surface area contributed by atoms with Gasteiger partial charge in [0, 0.05) is 26.1 Å². The number of amidine groups is 1. The Morgan fingerprint density at radius 1 is 0.806 bits per heavy atom. The normalized spacial score (nSPS) is 17.1. The van der Waals surface area contributed by atoms with Gasteiger partial charge >= 0.3 is 132 Å². The van der Waals surface area contributed by atoms with Crippen LogP contribution in [0.25, 0.3) is 0 Å². The molecule has 1 radical (unpaired) electrons. The van der Waals surface area contributed by atoms with E-state index in [4.69, 9.17) is 28.6 Å². The molecule has 9 heteroatoms. The van der Waals surface area contributed by atoms with Crippen molar-refractivity contribution in [1.82, 2.24) is 4.90 Å². The Balaban J connectivity index is 0.000000207. The Morgan fingerprint density at radius 3 is 2.00 bits per heavy atom. The van der Waals surface area contributed by atoms with Crippen LogP contribution in [0.5, 0.6) is 0 Å². The van der Waals surface area contributed by atoms with Crippen LogP contribution >= 0.6 is 28.6 Å². The molecule has 0 aliphatic carbocycles. The molecule has 1 saturated heterocycles. The molecule has 2 nitrogen and oxygen atoms in total. The zero-order chi connectivity index (χ0) is 22.5. The van der Waals surface area contributed by atoms with Gasteiger partial charge in [-0.15, -0.1) is 0 Å². The predicted molar refractivity (Wildman–Crippen MR) is 127 cm³/mol. The monoisotopic (exact) mass is 687 g/mol. The number of hydrogen-bond acceptors (Lipinski definition) is 2. The molecule has 2 aromatic carbocycles. The Bertz CT molecular complexity index is 884. The summed E-state index contributed by atoms with van der Waals surface area (Å²) < 4.78 is 38.9.